The number of benzene rings is 1. The molecule has 1 N–H and O–H groups in total. The Bertz CT molecular complexity index is 271. The molecule has 0 fully saturated rings. The summed E-state index contributed by atoms with van der Waals surface area (Å²) in [5.74, 6) is -0.180. The summed E-state index contributed by atoms with van der Waals surface area (Å²) in [6.07, 6.45) is 0. The quantitative estimate of drug-likeness (QED) is 0.790. The molecule has 0 amide bonds. The predicted molar refractivity (Wildman–Crippen MR) is 54.8 cm³/mol. The molecule has 0 aromatic heterocycles. The Morgan fingerprint density at radius 3 is 2.29 bits per heavy atom. The van der Waals surface area contributed by atoms with Gasteiger partial charge in [-0.25, -0.2) is 4.39 Å². The van der Waals surface area contributed by atoms with Crippen molar-refractivity contribution in [2.24, 2.45) is 0 Å². The van der Waals surface area contributed by atoms with Crippen molar-refractivity contribution in [3.8, 4) is 0 Å². The van der Waals surface area contributed by atoms with Gasteiger partial charge < -0.3 is 10.0 Å². The van der Waals surface area contributed by atoms with Crippen LogP contribution >= 0.6 is 0 Å². The first kappa shape index (κ1) is 11.1. The molecule has 0 aliphatic rings. The van der Waals surface area contributed by atoms with Crippen LogP contribution in [0.2, 0.25) is 0 Å². The number of nitrogens with zero attached hydrogens (tertiary/aromatic N) is 1. The summed E-state index contributed by atoms with van der Waals surface area (Å²) in [4.78, 5) is 2.00. The van der Waals surface area contributed by atoms with Crippen molar-refractivity contribution in [1.82, 2.24) is 4.90 Å². The summed E-state index contributed by atoms with van der Waals surface area (Å²) in [6, 6.07) is 6.29. The van der Waals surface area contributed by atoms with Crippen LogP contribution < -0.4 is 0 Å². The lowest BCUT2D eigenvalue weighted by Gasteiger charge is -2.19. The largest absolute Gasteiger partial charge is 0.396 e. The third-order valence-corrected chi connectivity index (χ3v) is 2.15. The molecule has 0 bridgehead atoms. The third kappa shape index (κ3) is 3.09. The van der Waals surface area contributed by atoms with Gasteiger partial charge in [0, 0.05) is 12.5 Å². The van der Waals surface area contributed by atoms with Gasteiger partial charge in [0.05, 0.1) is 6.61 Å². The zero-order valence-corrected chi connectivity index (χ0v) is 8.57. The number of likely N-dealkylation sites (N-methyl/N-ethyl adjacent to an activating group) is 1. The molecule has 0 aliphatic carbocycles. The number of rotatable bonds is 4. The van der Waals surface area contributed by atoms with Crippen molar-refractivity contribution in [3.63, 3.8) is 0 Å². The van der Waals surface area contributed by atoms with Gasteiger partial charge in [-0.1, -0.05) is 12.1 Å². The molecule has 2 nitrogen and oxygen atoms in total. The first-order valence-electron chi connectivity index (χ1n) is 4.64. The van der Waals surface area contributed by atoms with E-state index in [1.54, 1.807) is 12.1 Å². The molecular weight excluding hydrogens is 181 g/mol. The Balaban J connectivity index is 2.73. The van der Waals surface area contributed by atoms with Crippen LogP contribution in [0.1, 0.15) is 11.5 Å². The molecule has 0 spiro atoms. The molecule has 14 heavy (non-hydrogen) atoms. The van der Waals surface area contributed by atoms with Crippen LogP contribution in [-0.4, -0.2) is 37.3 Å². The van der Waals surface area contributed by atoms with E-state index in [1.165, 1.54) is 12.1 Å². The highest BCUT2D eigenvalue weighted by atomic mass is 19.1. The van der Waals surface area contributed by atoms with Crippen molar-refractivity contribution in [2.75, 3.05) is 27.2 Å². The maximum Gasteiger partial charge on any atom is 0.123 e. The second kappa shape index (κ2) is 5.08. The van der Waals surface area contributed by atoms with Gasteiger partial charge in [0.15, 0.2) is 0 Å². The fraction of sp³-hybridized carbons (Fsp3) is 0.455. The lowest BCUT2D eigenvalue weighted by atomic mass is 10.00. The lowest BCUT2D eigenvalue weighted by Crippen LogP contribution is -2.22. The average Bonchev–Trinajstić information content (AvgIpc) is 2.15. The Labute approximate surface area is 84.0 Å². The summed E-state index contributed by atoms with van der Waals surface area (Å²) in [6.45, 7) is 0.853. The minimum absolute atomic E-state index is 0.0607. The van der Waals surface area contributed by atoms with Gasteiger partial charge in [0.1, 0.15) is 5.82 Å². The number of hydrogen-bond donors (Lipinski definition) is 1. The maximum atomic E-state index is 12.6. The van der Waals surface area contributed by atoms with Crippen LogP contribution in [0, 0.1) is 5.82 Å². The van der Waals surface area contributed by atoms with E-state index < -0.39 is 0 Å². The van der Waals surface area contributed by atoms with E-state index in [9.17, 15) is 9.50 Å². The topological polar surface area (TPSA) is 23.5 Å². The van der Waals surface area contributed by atoms with Gasteiger partial charge in [-0.15, -0.1) is 0 Å². The minimum atomic E-state index is -0.240. The smallest absolute Gasteiger partial charge is 0.123 e. The molecule has 0 saturated carbocycles. The minimum Gasteiger partial charge on any atom is -0.396 e. The molecule has 0 aliphatic heterocycles. The SMILES string of the molecule is CN(C)CC(CO)c1ccc(F)cc1. The molecule has 1 unspecified atom stereocenters. The second-order valence-electron chi connectivity index (χ2n) is 3.69. The Kier molecular flexibility index (Phi) is 4.04. The Morgan fingerprint density at radius 2 is 1.86 bits per heavy atom. The van der Waals surface area contributed by atoms with Crippen LogP contribution in [0.5, 0.6) is 0 Å². The fourth-order valence-electron chi connectivity index (χ4n) is 1.44. The van der Waals surface area contributed by atoms with Gasteiger partial charge in [-0.3, -0.25) is 0 Å². The van der Waals surface area contributed by atoms with E-state index in [4.69, 9.17) is 0 Å². The standard InChI is InChI=1S/C11H16FNO/c1-13(2)7-10(8-14)9-3-5-11(12)6-4-9/h3-6,10,14H,7-8H2,1-2H3. The van der Waals surface area contributed by atoms with Crippen LogP contribution in [0.15, 0.2) is 24.3 Å². The van der Waals surface area contributed by atoms with Crippen molar-refractivity contribution < 1.29 is 9.50 Å². The highest BCUT2D eigenvalue weighted by Crippen LogP contribution is 2.16. The van der Waals surface area contributed by atoms with E-state index in [0.29, 0.717) is 0 Å². The van der Waals surface area contributed by atoms with Crippen LogP contribution in [0.25, 0.3) is 0 Å². The zero-order valence-electron chi connectivity index (χ0n) is 8.57. The van der Waals surface area contributed by atoms with Crippen molar-refractivity contribution in [1.29, 1.82) is 0 Å². The van der Waals surface area contributed by atoms with Gasteiger partial charge in [0.2, 0.25) is 0 Å². The highest BCUT2D eigenvalue weighted by Gasteiger charge is 2.10. The third-order valence-electron chi connectivity index (χ3n) is 2.15. The second-order valence-corrected chi connectivity index (χ2v) is 3.69. The van der Waals surface area contributed by atoms with E-state index in [2.05, 4.69) is 0 Å². The van der Waals surface area contributed by atoms with E-state index in [1.807, 2.05) is 19.0 Å². The number of halogens is 1. The molecule has 3 heteroatoms. The maximum absolute atomic E-state index is 12.6. The predicted octanol–water partition coefficient (Wildman–Crippen LogP) is 1.46. The lowest BCUT2D eigenvalue weighted by molar-refractivity contribution is 0.235. The van der Waals surface area contributed by atoms with Crippen molar-refractivity contribution in [2.45, 2.75) is 5.92 Å². The van der Waals surface area contributed by atoms with Crippen molar-refractivity contribution in [3.05, 3.63) is 35.6 Å². The van der Waals surface area contributed by atoms with Gasteiger partial charge >= 0.3 is 0 Å². The number of aliphatic hydroxyl groups is 1. The fourth-order valence-corrected chi connectivity index (χ4v) is 1.44. The van der Waals surface area contributed by atoms with E-state index >= 15 is 0 Å². The normalized spacial score (nSPS) is 13.2. The molecule has 1 aromatic rings. The van der Waals surface area contributed by atoms with E-state index in [-0.39, 0.29) is 18.3 Å². The molecule has 78 valence electrons. The highest BCUT2D eigenvalue weighted by molar-refractivity contribution is 5.20. The monoisotopic (exact) mass is 197 g/mol. The van der Waals surface area contributed by atoms with Crippen LogP contribution in [-0.2, 0) is 0 Å². The average molecular weight is 197 g/mol. The molecule has 1 aromatic carbocycles. The number of aliphatic hydroxyl groups excluding tert-OH is 1. The summed E-state index contributed by atoms with van der Waals surface area (Å²) in [5, 5.41) is 9.18. The molecule has 1 atom stereocenters. The molecule has 0 saturated heterocycles. The Hall–Kier alpha value is -0.930. The summed E-state index contributed by atoms with van der Waals surface area (Å²) in [7, 11) is 3.90. The van der Waals surface area contributed by atoms with Crippen molar-refractivity contribution >= 4 is 0 Å². The van der Waals surface area contributed by atoms with E-state index in [0.717, 1.165) is 12.1 Å². The van der Waals surface area contributed by atoms with Crippen LogP contribution in [0.4, 0.5) is 4.39 Å². The van der Waals surface area contributed by atoms with Gasteiger partial charge in [0.25, 0.3) is 0 Å². The summed E-state index contributed by atoms with van der Waals surface area (Å²) in [5.41, 5.74) is 0.975. The van der Waals surface area contributed by atoms with Gasteiger partial charge in [-0.05, 0) is 31.8 Å². The summed E-state index contributed by atoms with van der Waals surface area (Å²) < 4.78 is 12.6. The van der Waals surface area contributed by atoms with Gasteiger partial charge in [-0.2, -0.15) is 0 Å². The van der Waals surface area contributed by atoms with Crippen LogP contribution in [0.3, 0.4) is 0 Å². The first-order valence-corrected chi connectivity index (χ1v) is 4.64. The zero-order chi connectivity index (χ0) is 10.6. The molecular formula is C11H16FNO. The molecule has 1 rings (SSSR count). The first-order chi connectivity index (χ1) is 6.63. The summed E-state index contributed by atoms with van der Waals surface area (Å²) >= 11 is 0. The Morgan fingerprint density at radius 1 is 1.29 bits per heavy atom. The number of hydrogen-bond acceptors (Lipinski definition) is 2. The molecule has 0 heterocycles. The molecule has 0 radical (unpaired) electrons.